The van der Waals surface area contributed by atoms with Crippen molar-refractivity contribution >= 4 is 53.9 Å². The van der Waals surface area contributed by atoms with Crippen LogP contribution < -0.4 is 0 Å². The Morgan fingerprint density at radius 2 is 0.625 bits per heavy atom. The highest BCUT2D eigenvalue weighted by Crippen LogP contribution is 2.38. The summed E-state index contributed by atoms with van der Waals surface area (Å²) in [5.41, 5.74) is 7.57. The van der Waals surface area contributed by atoms with Crippen molar-refractivity contribution in [1.82, 2.24) is 15.0 Å². The first-order chi connectivity index (χ1) is 27.7. The van der Waals surface area contributed by atoms with Crippen molar-refractivity contribution in [3.63, 3.8) is 0 Å². The summed E-state index contributed by atoms with van der Waals surface area (Å²) < 4.78 is 0. The van der Waals surface area contributed by atoms with Crippen molar-refractivity contribution in [3.8, 4) is 56.4 Å². The van der Waals surface area contributed by atoms with Gasteiger partial charge in [0.25, 0.3) is 0 Å². The maximum atomic E-state index is 5.33. The minimum atomic E-state index is 0.634. The lowest BCUT2D eigenvalue weighted by molar-refractivity contribution is 1.08. The second kappa shape index (κ2) is 13.1. The van der Waals surface area contributed by atoms with Gasteiger partial charge in [-0.2, -0.15) is 0 Å². The van der Waals surface area contributed by atoms with Crippen molar-refractivity contribution in [3.05, 3.63) is 200 Å². The predicted octanol–water partition coefficient (Wildman–Crippen LogP) is 14.0. The molecule has 3 heteroatoms. The lowest BCUT2D eigenvalue weighted by atomic mass is 9.95. The average Bonchev–Trinajstić information content (AvgIpc) is 3.28. The molecule has 0 bridgehead atoms. The normalized spacial score (nSPS) is 11.6. The third-order valence-corrected chi connectivity index (χ3v) is 11.1. The number of nitrogens with zero attached hydrogens (tertiary/aromatic N) is 3. The van der Waals surface area contributed by atoms with Crippen LogP contribution in [0.4, 0.5) is 0 Å². The van der Waals surface area contributed by atoms with Crippen LogP contribution in [0.1, 0.15) is 0 Å². The van der Waals surface area contributed by atoms with Gasteiger partial charge < -0.3 is 0 Å². The second-order valence-corrected chi connectivity index (χ2v) is 14.4. The summed E-state index contributed by atoms with van der Waals surface area (Å²) in [6.07, 6.45) is 0. The van der Waals surface area contributed by atoms with Crippen LogP contribution in [0.15, 0.2) is 200 Å². The number of fused-ring (bicyclic) bond motifs is 7. The van der Waals surface area contributed by atoms with Crippen LogP contribution in [-0.4, -0.2) is 15.0 Å². The quantitative estimate of drug-likeness (QED) is 0.167. The van der Waals surface area contributed by atoms with Gasteiger partial charge in [0.2, 0.25) is 0 Å². The van der Waals surface area contributed by atoms with Crippen LogP contribution in [-0.2, 0) is 0 Å². The topological polar surface area (TPSA) is 38.7 Å². The molecule has 56 heavy (non-hydrogen) atoms. The zero-order valence-corrected chi connectivity index (χ0v) is 30.4. The van der Waals surface area contributed by atoms with Crippen LogP contribution >= 0.6 is 0 Å². The summed E-state index contributed by atoms with van der Waals surface area (Å²) in [6, 6.07) is 71.2. The molecular formula is C53H33N3. The van der Waals surface area contributed by atoms with Gasteiger partial charge in [0.1, 0.15) is 0 Å². The Labute approximate surface area is 324 Å². The second-order valence-electron chi connectivity index (χ2n) is 14.4. The van der Waals surface area contributed by atoms with Gasteiger partial charge in [-0.1, -0.05) is 170 Å². The van der Waals surface area contributed by atoms with Crippen molar-refractivity contribution in [2.24, 2.45) is 0 Å². The number of rotatable bonds is 5. The standard InChI is InChI=1S/C53H33N3/c1-2-13-34(14-3-1)36-25-26-39-30-37(27-28-38(39)29-36)35-17-12-18-42(31-35)51-54-52(49-32-40-15-4-6-19-43(40)45-21-8-10-23-47(45)49)56-53(55-51)50-33-41-16-5-7-20-44(41)46-22-9-11-24-48(46)50/h1-33H. The molecule has 1 heterocycles. The maximum absolute atomic E-state index is 5.33. The van der Waals surface area contributed by atoms with Crippen LogP contribution in [0.25, 0.3) is 110 Å². The fraction of sp³-hybridized carbons (Fsp3) is 0. The van der Waals surface area contributed by atoms with E-state index in [0.29, 0.717) is 17.5 Å². The zero-order valence-electron chi connectivity index (χ0n) is 30.4. The third kappa shape index (κ3) is 5.49. The summed E-state index contributed by atoms with van der Waals surface area (Å²) in [6.45, 7) is 0. The summed E-state index contributed by atoms with van der Waals surface area (Å²) in [7, 11) is 0. The van der Waals surface area contributed by atoms with Gasteiger partial charge in [0.05, 0.1) is 0 Å². The Morgan fingerprint density at radius 3 is 1.20 bits per heavy atom. The van der Waals surface area contributed by atoms with E-state index in [1.807, 2.05) is 0 Å². The van der Waals surface area contributed by atoms with Crippen LogP contribution in [0, 0.1) is 0 Å². The van der Waals surface area contributed by atoms with E-state index in [-0.39, 0.29) is 0 Å². The SMILES string of the molecule is c1ccc(-c2ccc3cc(-c4cccc(-c5nc(-c6cc7ccccc7c7ccccc67)nc(-c6cc7ccccc7c7ccccc67)n5)c4)ccc3c2)cc1. The molecule has 0 aliphatic carbocycles. The smallest absolute Gasteiger partial charge is 0.164 e. The molecule has 11 rings (SSSR count). The summed E-state index contributed by atoms with van der Waals surface area (Å²) in [5, 5.41) is 11.7. The number of benzene rings is 10. The molecule has 0 atom stereocenters. The van der Waals surface area contributed by atoms with E-state index in [0.717, 1.165) is 49.4 Å². The largest absolute Gasteiger partial charge is 0.208 e. The molecule has 0 radical (unpaired) electrons. The fourth-order valence-electron chi connectivity index (χ4n) is 8.30. The number of hydrogen-bond acceptors (Lipinski definition) is 3. The van der Waals surface area contributed by atoms with Gasteiger partial charge in [0.15, 0.2) is 17.5 Å². The molecule has 1 aromatic heterocycles. The molecule has 11 aromatic rings. The first-order valence-electron chi connectivity index (χ1n) is 19.0. The van der Waals surface area contributed by atoms with Gasteiger partial charge in [-0.3, -0.25) is 0 Å². The molecule has 0 saturated carbocycles. The Kier molecular flexibility index (Phi) is 7.49. The van der Waals surface area contributed by atoms with E-state index in [4.69, 9.17) is 15.0 Å². The van der Waals surface area contributed by atoms with Crippen molar-refractivity contribution in [1.29, 1.82) is 0 Å². The van der Waals surface area contributed by atoms with E-state index < -0.39 is 0 Å². The lowest BCUT2D eigenvalue weighted by Gasteiger charge is -2.14. The van der Waals surface area contributed by atoms with Gasteiger partial charge in [0, 0.05) is 16.7 Å². The van der Waals surface area contributed by atoms with Gasteiger partial charge >= 0.3 is 0 Å². The molecule has 10 aromatic carbocycles. The van der Waals surface area contributed by atoms with E-state index in [1.165, 1.54) is 43.4 Å². The van der Waals surface area contributed by atoms with E-state index >= 15 is 0 Å². The maximum Gasteiger partial charge on any atom is 0.164 e. The Morgan fingerprint density at radius 1 is 0.214 bits per heavy atom. The minimum absolute atomic E-state index is 0.634. The van der Waals surface area contributed by atoms with Gasteiger partial charge in [-0.05, 0) is 106 Å². The zero-order chi connectivity index (χ0) is 37.0. The average molecular weight is 712 g/mol. The molecule has 0 saturated heterocycles. The van der Waals surface area contributed by atoms with Crippen molar-refractivity contribution in [2.45, 2.75) is 0 Å². The van der Waals surface area contributed by atoms with Gasteiger partial charge in [-0.25, -0.2) is 15.0 Å². The van der Waals surface area contributed by atoms with Crippen molar-refractivity contribution in [2.75, 3.05) is 0 Å². The molecule has 3 nitrogen and oxygen atoms in total. The summed E-state index contributed by atoms with van der Waals surface area (Å²) >= 11 is 0. The molecule has 0 amide bonds. The lowest BCUT2D eigenvalue weighted by Crippen LogP contribution is -2.01. The Bertz CT molecular complexity index is 3180. The molecule has 260 valence electrons. The molecule has 0 fully saturated rings. The third-order valence-electron chi connectivity index (χ3n) is 11.1. The molecule has 0 unspecified atom stereocenters. The minimum Gasteiger partial charge on any atom is -0.208 e. The fourth-order valence-corrected chi connectivity index (χ4v) is 8.30. The first-order valence-corrected chi connectivity index (χ1v) is 19.0. The highest BCUT2D eigenvalue weighted by molar-refractivity contribution is 6.14. The Balaban J connectivity index is 1.11. The van der Waals surface area contributed by atoms with Crippen molar-refractivity contribution < 1.29 is 0 Å². The van der Waals surface area contributed by atoms with Gasteiger partial charge in [-0.15, -0.1) is 0 Å². The van der Waals surface area contributed by atoms with Crippen LogP contribution in [0.3, 0.4) is 0 Å². The predicted molar refractivity (Wildman–Crippen MR) is 235 cm³/mol. The van der Waals surface area contributed by atoms with Crippen LogP contribution in [0.5, 0.6) is 0 Å². The van der Waals surface area contributed by atoms with E-state index in [2.05, 4.69) is 200 Å². The molecule has 0 aliphatic rings. The molecule has 0 aliphatic heterocycles. The number of aromatic nitrogens is 3. The molecule has 0 spiro atoms. The van der Waals surface area contributed by atoms with E-state index in [9.17, 15) is 0 Å². The summed E-state index contributed by atoms with van der Waals surface area (Å²) in [4.78, 5) is 15.9. The number of hydrogen-bond donors (Lipinski definition) is 0. The molecule has 0 N–H and O–H groups in total. The highest BCUT2D eigenvalue weighted by Gasteiger charge is 2.18. The first kappa shape index (κ1) is 32.0. The molecular weight excluding hydrogens is 679 g/mol. The van der Waals surface area contributed by atoms with E-state index in [1.54, 1.807) is 0 Å². The van der Waals surface area contributed by atoms with Crippen LogP contribution in [0.2, 0.25) is 0 Å². The summed E-state index contributed by atoms with van der Waals surface area (Å²) in [5.74, 6) is 1.93. The highest BCUT2D eigenvalue weighted by atomic mass is 15.0. The monoisotopic (exact) mass is 711 g/mol. The Hall–Kier alpha value is -7.49.